The second kappa shape index (κ2) is 6.67. The Bertz CT molecular complexity index is 427. The van der Waals surface area contributed by atoms with Crippen LogP contribution >= 0.6 is 0 Å². The Hall–Kier alpha value is -0.690. The van der Waals surface area contributed by atoms with Gasteiger partial charge in [0, 0.05) is 38.3 Å². The average Bonchev–Trinajstić information content (AvgIpc) is 3.31. The highest BCUT2D eigenvalue weighted by atomic mass is 16.5. The summed E-state index contributed by atoms with van der Waals surface area (Å²) in [5.41, 5.74) is 0.0745. The zero-order chi connectivity index (χ0) is 15.7. The van der Waals surface area contributed by atoms with Gasteiger partial charge in [-0.25, -0.2) is 0 Å². The maximum absolute atomic E-state index is 12.3. The number of rotatable bonds is 4. The summed E-state index contributed by atoms with van der Waals surface area (Å²) in [7, 11) is 0. The van der Waals surface area contributed by atoms with Crippen molar-refractivity contribution in [3.8, 4) is 0 Å². The Balaban J connectivity index is 1.22. The van der Waals surface area contributed by atoms with E-state index < -0.39 is 0 Å². The van der Waals surface area contributed by atoms with Gasteiger partial charge >= 0.3 is 0 Å². The topological polar surface area (TPSA) is 54.0 Å². The number of hydrogen-bond donors (Lipinski definition) is 1. The normalized spacial score (nSPS) is 31.7. The van der Waals surface area contributed by atoms with Crippen LogP contribution in [-0.4, -0.2) is 85.9 Å². The summed E-state index contributed by atoms with van der Waals surface area (Å²) in [6.45, 7) is 6.22. The summed E-state index contributed by atoms with van der Waals surface area (Å²) < 4.78 is 11.5. The molecule has 0 aromatic carbocycles. The molecule has 1 amide bonds. The molecule has 6 heteroatoms. The third-order valence-electron chi connectivity index (χ3n) is 5.75. The number of nitrogens with zero attached hydrogens (tertiary/aromatic N) is 2. The molecule has 4 rings (SSSR count). The first-order valence-corrected chi connectivity index (χ1v) is 9.20. The molecule has 0 aromatic heterocycles. The van der Waals surface area contributed by atoms with E-state index in [1.807, 2.05) is 4.90 Å². The van der Waals surface area contributed by atoms with Crippen LogP contribution < -0.4 is 5.32 Å². The summed E-state index contributed by atoms with van der Waals surface area (Å²) in [6, 6.07) is 1.30. The third-order valence-corrected chi connectivity index (χ3v) is 5.75. The fourth-order valence-corrected chi connectivity index (χ4v) is 4.11. The van der Waals surface area contributed by atoms with Gasteiger partial charge in [-0.3, -0.25) is 9.69 Å². The molecule has 1 atom stereocenters. The Labute approximate surface area is 138 Å². The van der Waals surface area contributed by atoms with Crippen molar-refractivity contribution in [2.24, 2.45) is 0 Å². The second-order valence-corrected chi connectivity index (χ2v) is 7.61. The van der Waals surface area contributed by atoms with Gasteiger partial charge in [-0.2, -0.15) is 0 Å². The predicted octanol–water partition coefficient (Wildman–Crippen LogP) is 0.221. The van der Waals surface area contributed by atoms with Crippen LogP contribution in [0.25, 0.3) is 0 Å². The van der Waals surface area contributed by atoms with Crippen molar-refractivity contribution >= 4 is 5.91 Å². The van der Waals surface area contributed by atoms with Crippen LogP contribution in [0.5, 0.6) is 0 Å². The van der Waals surface area contributed by atoms with Gasteiger partial charge in [0.05, 0.1) is 32.0 Å². The molecule has 3 saturated heterocycles. The number of ether oxygens (including phenoxy) is 2. The van der Waals surface area contributed by atoms with Gasteiger partial charge in [0.25, 0.3) is 0 Å². The molecule has 3 aliphatic heterocycles. The van der Waals surface area contributed by atoms with Gasteiger partial charge in [0.1, 0.15) is 0 Å². The fourth-order valence-electron chi connectivity index (χ4n) is 4.11. The van der Waals surface area contributed by atoms with Crippen LogP contribution in [0.4, 0.5) is 0 Å². The van der Waals surface area contributed by atoms with Crippen LogP contribution in [0.3, 0.4) is 0 Å². The van der Waals surface area contributed by atoms with Gasteiger partial charge < -0.3 is 19.7 Å². The monoisotopic (exact) mass is 323 g/mol. The summed E-state index contributed by atoms with van der Waals surface area (Å²) >= 11 is 0. The molecule has 1 spiro atoms. The van der Waals surface area contributed by atoms with Crippen LogP contribution in [0, 0.1) is 0 Å². The van der Waals surface area contributed by atoms with Crippen molar-refractivity contribution in [1.29, 1.82) is 0 Å². The van der Waals surface area contributed by atoms with Gasteiger partial charge in [-0.15, -0.1) is 0 Å². The lowest BCUT2D eigenvalue weighted by Gasteiger charge is -2.39. The minimum absolute atomic E-state index is 0.0745. The van der Waals surface area contributed by atoms with E-state index in [1.165, 1.54) is 12.8 Å². The lowest BCUT2D eigenvalue weighted by atomic mass is 9.87. The summed E-state index contributed by atoms with van der Waals surface area (Å²) in [4.78, 5) is 16.6. The van der Waals surface area contributed by atoms with E-state index in [2.05, 4.69) is 10.2 Å². The highest BCUT2D eigenvalue weighted by Gasteiger charge is 2.44. The number of piperidine rings is 1. The fraction of sp³-hybridized carbons (Fsp3) is 0.941. The molecule has 1 unspecified atom stereocenters. The SMILES string of the molecule is O=C(CN1CCC2(CC1)CC(NC1CC1)CO2)N1CCOCC1. The molecule has 4 aliphatic rings. The maximum Gasteiger partial charge on any atom is 0.236 e. The van der Waals surface area contributed by atoms with Crippen LogP contribution in [-0.2, 0) is 14.3 Å². The number of hydrogen-bond acceptors (Lipinski definition) is 5. The molecule has 1 saturated carbocycles. The zero-order valence-electron chi connectivity index (χ0n) is 14.0. The highest BCUT2D eigenvalue weighted by molar-refractivity contribution is 5.78. The van der Waals surface area contributed by atoms with E-state index in [9.17, 15) is 4.79 Å². The first-order chi connectivity index (χ1) is 11.2. The third kappa shape index (κ3) is 3.87. The van der Waals surface area contributed by atoms with E-state index >= 15 is 0 Å². The summed E-state index contributed by atoms with van der Waals surface area (Å²) in [6.07, 6.45) is 5.94. The van der Waals surface area contributed by atoms with Crippen molar-refractivity contribution < 1.29 is 14.3 Å². The number of morpholine rings is 1. The van der Waals surface area contributed by atoms with Crippen LogP contribution in [0.2, 0.25) is 0 Å². The number of nitrogens with one attached hydrogen (secondary N) is 1. The molecule has 0 radical (unpaired) electrons. The van der Waals surface area contributed by atoms with Crippen LogP contribution in [0.1, 0.15) is 32.1 Å². The van der Waals surface area contributed by atoms with Crippen molar-refractivity contribution in [3.05, 3.63) is 0 Å². The highest BCUT2D eigenvalue weighted by Crippen LogP contribution is 2.37. The molecule has 3 heterocycles. The van der Waals surface area contributed by atoms with Crippen molar-refractivity contribution in [1.82, 2.24) is 15.1 Å². The summed E-state index contributed by atoms with van der Waals surface area (Å²) in [5.74, 6) is 0.255. The Kier molecular flexibility index (Phi) is 4.58. The molecular weight excluding hydrogens is 294 g/mol. The molecule has 130 valence electrons. The molecule has 1 aliphatic carbocycles. The average molecular weight is 323 g/mol. The number of carbonyl (C=O) groups excluding carboxylic acids is 1. The molecule has 6 nitrogen and oxygen atoms in total. The maximum atomic E-state index is 12.3. The number of likely N-dealkylation sites (tertiary alicyclic amines) is 1. The number of amides is 1. The van der Waals surface area contributed by atoms with E-state index in [4.69, 9.17) is 9.47 Å². The Morgan fingerprint density at radius 3 is 2.52 bits per heavy atom. The number of carbonyl (C=O) groups is 1. The smallest absolute Gasteiger partial charge is 0.236 e. The van der Waals surface area contributed by atoms with Crippen molar-refractivity contribution in [3.63, 3.8) is 0 Å². The second-order valence-electron chi connectivity index (χ2n) is 7.61. The Morgan fingerprint density at radius 2 is 1.83 bits per heavy atom. The molecule has 1 N–H and O–H groups in total. The molecule has 0 bridgehead atoms. The predicted molar refractivity (Wildman–Crippen MR) is 86.3 cm³/mol. The van der Waals surface area contributed by atoms with Gasteiger partial charge in [0.2, 0.25) is 5.91 Å². The van der Waals surface area contributed by atoms with E-state index in [0.717, 1.165) is 58.1 Å². The standard InChI is InChI=1S/C17H29N3O3/c21-16(20-7-9-22-10-8-20)12-19-5-3-17(4-6-19)11-15(13-23-17)18-14-1-2-14/h14-15,18H,1-13H2. The molecule has 23 heavy (non-hydrogen) atoms. The quantitative estimate of drug-likeness (QED) is 0.802. The first-order valence-electron chi connectivity index (χ1n) is 9.20. The minimum atomic E-state index is 0.0745. The van der Waals surface area contributed by atoms with Gasteiger partial charge in [0.15, 0.2) is 0 Å². The lowest BCUT2D eigenvalue weighted by molar-refractivity contribution is -0.137. The van der Waals surface area contributed by atoms with E-state index in [0.29, 0.717) is 25.8 Å². The zero-order valence-corrected chi connectivity index (χ0v) is 14.0. The van der Waals surface area contributed by atoms with Crippen LogP contribution in [0.15, 0.2) is 0 Å². The molecule has 4 fully saturated rings. The summed E-state index contributed by atoms with van der Waals surface area (Å²) in [5, 5.41) is 3.70. The van der Waals surface area contributed by atoms with Crippen molar-refractivity contribution in [2.75, 3.05) is 52.5 Å². The molecule has 0 aromatic rings. The molecular formula is C17H29N3O3. The van der Waals surface area contributed by atoms with E-state index in [-0.39, 0.29) is 11.5 Å². The first kappa shape index (κ1) is 15.8. The van der Waals surface area contributed by atoms with Crippen molar-refractivity contribution in [2.45, 2.75) is 49.8 Å². The van der Waals surface area contributed by atoms with E-state index in [1.54, 1.807) is 0 Å². The minimum Gasteiger partial charge on any atom is -0.378 e. The van der Waals surface area contributed by atoms with Gasteiger partial charge in [-0.05, 0) is 32.1 Å². The van der Waals surface area contributed by atoms with Gasteiger partial charge in [-0.1, -0.05) is 0 Å². The Morgan fingerprint density at radius 1 is 1.09 bits per heavy atom. The largest absolute Gasteiger partial charge is 0.378 e. The lowest BCUT2D eigenvalue weighted by Crippen LogP contribution is -2.50.